The Balaban J connectivity index is 2.04. The zero-order valence-corrected chi connectivity index (χ0v) is 16.4. The van der Waals surface area contributed by atoms with E-state index >= 15 is 0 Å². The molecule has 2 rings (SSSR count). The van der Waals surface area contributed by atoms with Crippen LogP contribution >= 0.6 is 0 Å². The molecule has 0 atom stereocenters. The topological polar surface area (TPSA) is 71.0 Å². The van der Waals surface area contributed by atoms with Gasteiger partial charge in [0, 0.05) is 46.7 Å². The molecule has 1 aliphatic rings. The number of aliphatic imine (C=N–C) groups is 1. The Bertz CT molecular complexity index is 693. The molecule has 0 unspecified atom stereocenters. The number of ether oxygens (including phenoxy) is 1. The molecule has 1 fully saturated rings. The molecule has 0 aliphatic carbocycles. The highest BCUT2D eigenvalue weighted by atomic mass is 32.2. The van der Waals surface area contributed by atoms with Crippen LogP contribution in [0.5, 0.6) is 0 Å². The van der Waals surface area contributed by atoms with E-state index in [1.807, 2.05) is 11.9 Å². The summed E-state index contributed by atoms with van der Waals surface area (Å²) in [4.78, 5) is 6.30. The van der Waals surface area contributed by atoms with E-state index in [1.54, 1.807) is 7.05 Å². The SMILES string of the molecule is CN=C(NCC1(S(C)(=O)=O)CCOCC1)N(C)Cc1ccc(C)cc1. The molecule has 1 heterocycles. The third-order valence-corrected chi connectivity index (χ3v) is 7.00. The number of guanidine groups is 1. The average Bonchev–Trinajstić information content (AvgIpc) is 2.57. The molecular weight excluding hydrogens is 338 g/mol. The molecule has 0 saturated carbocycles. The van der Waals surface area contributed by atoms with Gasteiger partial charge < -0.3 is 15.0 Å². The number of nitrogens with zero attached hydrogens (tertiary/aromatic N) is 2. The molecule has 0 spiro atoms. The summed E-state index contributed by atoms with van der Waals surface area (Å²) in [7, 11) is 0.467. The molecule has 25 heavy (non-hydrogen) atoms. The molecule has 1 aliphatic heterocycles. The number of benzene rings is 1. The van der Waals surface area contributed by atoms with Gasteiger partial charge in [0.2, 0.25) is 0 Å². The van der Waals surface area contributed by atoms with Gasteiger partial charge in [0.25, 0.3) is 0 Å². The van der Waals surface area contributed by atoms with E-state index in [0.717, 1.165) is 0 Å². The summed E-state index contributed by atoms with van der Waals surface area (Å²) < 4.78 is 29.3. The van der Waals surface area contributed by atoms with E-state index in [9.17, 15) is 8.42 Å². The third-order valence-electron chi connectivity index (χ3n) is 4.87. The van der Waals surface area contributed by atoms with Crippen LogP contribution in [0.4, 0.5) is 0 Å². The lowest BCUT2D eigenvalue weighted by molar-refractivity contribution is 0.0755. The zero-order chi connectivity index (χ0) is 18.5. The molecule has 1 aromatic carbocycles. The molecule has 1 N–H and O–H groups in total. The quantitative estimate of drug-likeness (QED) is 0.632. The maximum Gasteiger partial charge on any atom is 0.193 e. The number of nitrogens with one attached hydrogen (secondary N) is 1. The number of aryl methyl sites for hydroxylation is 1. The Morgan fingerprint density at radius 2 is 1.88 bits per heavy atom. The Kier molecular flexibility index (Phi) is 6.46. The standard InChI is InChI=1S/C18H29N3O3S/c1-15-5-7-16(8-6-15)13-21(3)17(19-2)20-14-18(25(4,22)23)9-11-24-12-10-18/h5-8H,9-14H2,1-4H3,(H,19,20). The monoisotopic (exact) mass is 367 g/mol. The summed E-state index contributed by atoms with van der Waals surface area (Å²) >= 11 is 0. The normalized spacial score (nSPS) is 18.0. The number of hydrogen-bond acceptors (Lipinski definition) is 4. The number of sulfone groups is 1. The first-order valence-electron chi connectivity index (χ1n) is 8.52. The predicted molar refractivity (Wildman–Crippen MR) is 102 cm³/mol. The summed E-state index contributed by atoms with van der Waals surface area (Å²) in [6, 6.07) is 8.35. The van der Waals surface area contributed by atoms with Crippen LogP contribution in [0.25, 0.3) is 0 Å². The second-order valence-electron chi connectivity index (χ2n) is 6.81. The summed E-state index contributed by atoms with van der Waals surface area (Å²) in [5, 5.41) is 3.26. The highest BCUT2D eigenvalue weighted by Gasteiger charge is 2.42. The fraction of sp³-hybridized carbons (Fsp3) is 0.611. The molecule has 0 bridgehead atoms. The Morgan fingerprint density at radius 3 is 2.40 bits per heavy atom. The average molecular weight is 368 g/mol. The first-order valence-corrected chi connectivity index (χ1v) is 10.4. The maximum absolute atomic E-state index is 12.4. The highest BCUT2D eigenvalue weighted by Crippen LogP contribution is 2.28. The van der Waals surface area contributed by atoms with Gasteiger partial charge in [0.05, 0.1) is 4.75 Å². The van der Waals surface area contributed by atoms with Crippen molar-refractivity contribution in [3.05, 3.63) is 35.4 Å². The first kappa shape index (κ1) is 19.7. The fourth-order valence-electron chi connectivity index (χ4n) is 3.09. The van der Waals surface area contributed by atoms with Crippen molar-refractivity contribution in [2.75, 3.05) is 40.1 Å². The summed E-state index contributed by atoms with van der Waals surface area (Å²) in [6.07, 6.45) is 2.34. The van der Waals surface area contributed by atoms with Crippen molar-refractivity contribution in [2.24, 2.45) is 4.99 Å². The molecule has 0 aromatic heterocycles. The minimum atomic E-state index is -3.20. The van der Waals surface area contributed by atoms with Crippen LogP contribution in [-0.4, -0.2) is 64.1 Å². The van der Waals surface area contributed by atoms with Gasteiger partial charge in [-0.2, -0.15) is 0 Å². The Morgan fingerprint density at radius 1 is 1.28 bits per heavy atom. The molecule has 140 valence electrons. The minimum Gasteiger partial charge on any atom is -0.381 e. The van der Waals surface area contributed by atoms with Gasteiger partial charge in [0.15, 0.2) is 15.8 Å². The van der Waals surface area contributed by atoms with Crippen molar-refractivity contribution in [3.63, 3.8) is 0 Å². The molecule has 0 radical (unpaired) electrons. The predicted octanol–water partition coefficient (Wildman–Crippen LogP) is 1.60. The lowest BCUT2D eigenvalue weighted by Crippen LogP contribution is -2.53. The first-order chi connectivity index (χ1) is 11.8. The van der Waals surface area contributed by atoms with Gasteiger partial charge in [-0.25, -0.2) is 8.42 Å². The van der Waals surface area contributed by atoms with E-state index in [2.05, 4.69) is 41.5 Å². The van der Waals surface area contributed by atoms with Gasteiger partial charge in [0.1, 0.15) is 0 Å². The van der Waals surface area contributed by atoms with Crippen molar-refractivity contribution in [1.29, 1.82) is 0 Å². The van der Waals surface area contributed by atoms with Gasteiger partial charge >= 0.3 is 0 Å². The molecule has 1 aromatic rings. The van der Waals surface area contributed by atoms with Crippen molar-refractivity contribution in [3.8, 4) is 0 Å². The summed E-state index contributed by atoms with van der Waals surface area (Å²) in [6.45, 7) is 4.07. The Hall–Kier alpha value is -1.60. The van der Waals surface area contributed by atoms with Crippen LogP contribution in [0, 0.1) is 6.92 Å². The second-order valence-corrected chi connectivity index (χ2v) is 9.22. The second kappa shape index (κ2) is 8.19. The maximum atomic E-state index is 12.4. The Labute approximate surface area is 151 Å². The van der Waals surface area contributed by atoms with Crippen LogP contribution in [0.3, 0.4) is 0 Å². The van der Waals surface area contributed by atoms with Crippen LogP contribution in [0.2, 0.25) is 0 Å². The van der Waals surface area contributed by atoms with Crippen molar-refractivity contribution >= 4 is 15.8 Å². The van der Waals surface area contributed by atoms with Crippen molar-refractivity contribution in [2.45, 2.75) is 31.1 Å². The molecule has 7 heteroatoms. The van der Waals surface area contributed by atoms with E-state index in [4.69, 9.17) is 4.74 Å². The van der Waals surface area contributed by atoms with E-state index in [-0.39, 0.29) is 0 Å². The number of hydrogen-bond donors (Lipinski definition) is 1. The minimum absolute atomic E-state index is 0.347. The van der Waals surface area contributed by atoms with E-state index < -0.39 is 14.6 Å². The molecule has 0 amide bonds. The van der Waals surface area contributed by atoms with Crippen LogP contribution in [0.15, 0.2) is 29.3 Å². The van der Waals surface area contributed by atoms with Crippen LogP contribution in [-0.2, 0) is 21.1 Å². The lowest BCUT2D eigenvalue weighted by Gasteiger charge is -2.36. The lowest BCUT2D eigenvalue weighted by atomic mass is 9.99. The zero-order valence-electron chi connectivity index (χ0n) is 15.6. The van der Waals surface area contributed by atoms with E-state index in [1.165, 1.54) is 17.4 Å². The number of rotatable bonds is 5. The van der Waals surface area contributed by atoms with Gasteiger partial charge in [-0.3, -0.25) is 4.99 Å². The van der Waals surface area contributed by atoms with E-state index in [0.29, 0.717) is 45.1 Å². The van der Waals surface area contributed by atoms with Gasteiger partial charge in [-0.1, -0.05) is 29.8 Å². The van der Waals surface area contributed by atoms with Gasteiger partial charge in [-0.05, 0) is 25.3 Å². The summed E-state index contributed by atoms with van der Waals surface area (Å²) in [5.41, 5.74) is 2.41. The van der Waals surface area contributed by atoms with Crippen LogP contribution in [0.1, 0.15) is 24.0 Å². The molecule has 1 saturated heterocycles. The molecular formula is C18H29N3O3S. The third kappa shape index (κ3) is 4.95. The van der Waals surface area contributed by atoms with Crippen molar-refractivity contribution < 1.29 is 13.2 Å². The molecule has 6 nitrogen and oxygen atoms in total. The van der Waals surface area contributed by atoms with Crippen LogP contribution < -0.4 is 5.32 Å². The fourth-order valence-corrected chi connectivity index (χ4v) is 4.33. The highest BCUT2D eigenvalue weighted by molar-refractivity contribution is 7.92. The van der Waals surface area contributed by atoms with Crippen molar-refractivity contribution in [1.82, 2.24) is 10.2 Å². The largest absolute Gasteiger partial charge is 0.381 e. The smallest absolute Gasteiger partial charge is 0.193 e. The summed E-state index contributed by atoms with van der Waals surface area (Å²) in [5.74, 6) is 0.690. The van der Waals surface area contributed by atoms with Gasteiger partial charge in [-0.15, -0.1) is 0 Å².